The van der Waals surface area contributed by atoms with E-state index in [0.29, 0.717) is 0 Å². The lowest BCUT2D eigenvalue weighted by molar-refractivity contribution is 0.399. The van der Waals surface area contributed by atoms with E-state index in [1.54, 1.807) is 28.4 Å². The van der Waals surface area contributed by atoms with Crippen LogP contribution in [0.2, 0.25) is 32.7 Å². The fraction of sp³-hybridized carbons (Fsp3) is 1.00. The van der Waals surface area contributed by atoms with Crippen molar-refractivity contribution >= 4 is 48.8 Å². The van der Waals surface area contributed by atoms with E-state index in [1.165, 1.54) is 0 Å². The van der Waals surface area contributed by atoms with Gasteiger partial charge in [-0.05, 0) is 0 Å². The van der Waals surface area contributed by atoms with Gasteiger partial charge >= 0.3 is 0 Å². The zero-order valence-electron chi connectivity index (χ0n) is 20.4. The van der Waals surface area contributed by atoms with Crippen LogP contribution in [0.25, 0.3) is 0 Å². The van der Waals surface area contributed by atoms with Crippen LogP contribution in [-0.4, -0.2) is 131 Å². The largest absolute Gasteiger partial charge is 0.438 e. The van der Waals surface area contributed by atoms with E-state index in [4.69, 9.17) is 25.2 Å². The Morgan fingerprint density at radius 3 is 0.444 bits per heavy atom. The Bertz CT molecular complexity index is 73.2. The van der Waals surface area contributed by atoms with Crippen LogP contribution in [0.4, 0.5) is 0 Å². The maximum atomic E-state index is 7.71. The summed E-state index contributed by atoms with van der Waals surface area (Å²) >= 11 is 0. The SMILES string of the molecule is CO.CO.CO.CO.CO[SiH2]C.CO[SiH2]C.CO[SiH2]C.CO[SiH2]C.C[SiH2]O. The average molecular weight is 495 g/mol. The Kier molecular flexibility index (Phi) is 391. The minimum atomic E-state index is -0.583. The first-order chi connectivity index (χ1) is 13.1. The highest BCUT2D eigenvalue weighted by Crippen LogP contribution is 1.49. The minimum Gasteiger partial charge on any atom is -0.438 e. The summed E-state index contributed by atoms with van der Waals surface area (Å²) in [5.74, 6) is 0. The third-order valence-corrected chi connectivity index (χ3v) is 3.46. The molecule has 180 valence electrons. The Hall–Kier alpha value is 0.724. The summed E-state index contributed by atoms with van der Waals surface area (Å²) in [6, 6.07) is 0. The summed E-state index contributed by atoms with van der Waals surface area (Å²) in [6.45, 7) is 10.2. The van der Waals surface area contributed by atoms with Gasteiger partial charge in [0.25, 0.3) is 0 Å². The van der Waals surface area contributed by atoms with Crippen LogP contribution in [-0.2, 0) is 17.7 Å². The van der Waals surface area contributed by atoms with Gasteiger partial charge in [0.1, 0.15) is 0 Å². The van der Waals surface area contributed by atoms with E-state index in [1.807, 2.05) is 6.55 Å². The van der Waals surface area contributed by atoms with Gasteiger partial charge in [-0.1, -0.05) is 32.7 Å². The summed E-state index contributed by atoms with van der Waals surface area (Å²) in [7, 11) is 10.1. The minimum absolute atomic E-state index is 0.0756. The highest BCUT2D eigenvalue weighted by Gasteiger charge is 1.56. The van der Waals surface area contributed by atoms with Gasteiger partial charge in [0, 0.05) is 56.9 Å². The molecule has 0 saturated carbocycles. The van der Waals surface area contributed by atoms with Gasteiger partial charge in [-0.15, -0.1) is 0 Å². The van der Waals surface area contributed by atoms with Crippen LogP contribution in [0.5, 0.6) is 0 Å². The average Bonchev–Trinajstić information content (AvgIpc) is 2.80. The molecule has 0 aliphatic carbocycles. The fourth-order valence-corrected chi connectivity index (χ4v) is 0. The van der Waals surface area contributed by atoms with Crippen LogP contribution >= 0.6 is 0 Å². The topological polar surface area (TPSA) is 138 Å². The molecule has 14 heteroatoms. The molecule has 0 amide bonds. The number of aliphatic hydroxyl groups excluding tert-OH is 4. The van der Waals surface area contributed by atoms with Gasteiger partial charge in [-0.3, -0.25) is 0 Å². The van der Waals surface area contributed by atoms with Gasteiger partial charge in [0.05, 0.1) is 0 Å². The highest BCUT2D eigenvalue weighted by atomic mass is 28.2. The molecule has 0 aliphatic rings. The van der Waals surface area contributed by atoms with Crippen molar-refractivity contribution in [3.63, 3.8) is 0 Å². The zero-order valence-corrected chi connectivity index (χ0v) is 27.5. The predicted octanol–water partition coefficient (Wildman–Crippen LogP) is -3.40. The Labute approximate surface area is 181 Å². The molecule has 5 N–H and O–H groups in total. The summed E-state index contributed by atoms with van der Waals surface area (Å²) in [6.07, 6.45) is 0. The molecule has 0 radical (unpaired) electrons. The monoisotopic (exact) mass is 494 g/mol. The number of rotatable bonds is 4. The van der Waals surface area contributed by atoms with Crippen molar-refractivity contribution in [1.29, 1.82) is 0 Å². The first kappa shape index (κ1) is 56.5. The van der Waals surface area contributed by atoms with Crippen molar-refractivity contribution in [2.45, 2.75) is 32.7 Å². The predicted molar refractivity (Wildman–Crippen MR) is 135 cm³/mol. The molecule has 0 heterocycles. The van der Waals surface area contributed by atoms with Gasteiger partial charge in [0.2, 0.25) is 0 Å². The van der Waals surface area contributed by atoms with Gasteiger partial charge in [-0.25, -0.2) is 0 Å². The lowest BCUT2D eigenvalue weighted by Gasteiger charge is -1.75. The summed E-state index contributed by atoms with van der Waals surface area (Å²) < 4.78 is 18.7. The Morgan fingerprint density at radius 1 is 0.407 bits per heavy atom. The second-order valence-corrected chi connectivity index (χ2v) is 7.88. The molecular weight excluding hydrogens is 441 g/mol. The van der Waals surface area contributed by atoms with Crippen LogP contribution in [0.1, 0.15) is 0 Å². The van der Waals surface area contributed by atoms with Crippen molar-refractivity contribution < 1.29 is 42.9 Å². The molecule has 0 aromatic heterocycles. The quantitative estimate of drug-likeness (QED) is 0.253. The standard InChI is InChI=1S/4C2H8OSi.CH6OSi.4CH4O/c4*1-3-4-2;1-3-2;4*1-2/h4*4H2,1-2H3;2H,3H2,1H3;4*2H,1H3. The van der Waals surface area contributed by atoms with E-state index in [2.05, 4.69) is 43.9 Å². The molecule has 27 heavy (non-hydrogen) atoms. The van der Waals surface area contributed by atoms with Crippen molar-refractivity contribution in [3.8, 4) is 0 Å². The van der Waals surface area contributed by atoms with Crippen LogP contribution in [0, 0.1) is 0 Å². The molecule has 0 fully saturated rings. The van der Waals surface area contributed by atoms with Gasteiger partial charge < -0.3 is 42.9 Å². The molecule has 0 spiro atoms. The van der Waals surface area contributed by atoms with E-state index in [-0.39, 0.29) is 39.1 Å². The first-order valence-corrected chi connectivity index (χ1v) is 18.4. The molecule has 0 aromatic carbocycles. The molecule has 0 saturated heterocycles. The molecular formula is C13H54O9Si5. The summed E-state index contributed by atoms with van der Waals surface area (Å²) in [5.41, 5.74) is 0. The van der Waals surface area contributed by atoms with Crippen molar-refractivity contribution in [3.05, 3.63) is 0 Å². The third kappa shape index (κ3) is 732. The maximum absolute atomic E-state index is 7.71. The molecule has 0 unspecified atom stereocenters. The molecule has 0 bridgehead atoms. The first-order valence-electron chi connectivity index (χ1n) is 8.43. The van der Waals surface area contributed by atoms with Gasteiger partial charge in [-0.2, -0.15) is 0 Å². The van der Waals surface area contributed by atoms with E-state index >= 15 is 0 Å². The second-order valence-electron chi connectivity index (χ2n) is 2.63. The maximum Gasteiger partial charge on any atom is 0.157 e. The van der Waals surface area contributed by atoms with Crippen LogP contribution < -0.4 is 0 Å². The summed E-state index contributed by atoms with van der Waals surface area (Å²) in [5, 5.41) is 28.0. The van der Waals surface area contributed by atoms with Crippen molar-refractivity contribution in [1.82, 2.24) is 0 Å². The number of hydrogen-bond acceptors (Lipinski definition) is 9. The molecule has 0 rings (SSSR count). The number of hydrogen-bond donors (Lipinski definition) is 5. The van der Waals surface area contributed by atoms with Gasteiger partial charge in [0.15, 0.2) is 48.8 Å². The zero-order chi connectivity index (χ0) is 24.4. The van der Waals surface area contributed by atoms with Crippen LogP contribution in [0.15, 0.2) is 0 Å². The molecule has 0 atom stereocenters. The Balaban J connectivity index is -0.0000000197. The Morgan fingerprint density at radius 2 is 0.444 bits per heavy atom. The smallest absolute Gasteiger partial charge is 0.157 e. The molecule has 9 nitrogen and oxygen atoms in total. The van der Waals surface area contributed by atoms with Crippen molar-refractivity contribution in [2.75, 3.05) is 56.9 Å². The second kappa shape index (κ2) is 187. The van der Waals surface area contributed by atoms with E-state index in [9.17, 15) is 0 Å². The normalized spacial score (nSPS) is 8.22. The van der Waals surface area contributed by atoms with E-state index in [0.717, 1.165) is 28.4 Å². The van der Waals surface area contributed by atoms with E-state index < -0.39 is 9.76 Å². The lowest BCUT2D eigenvalue weighted by Crippen LogP contribution is -1.79. The lowest BCUT2D eigenvalue weighted by atomic mass is 11.8. The van der Waals surface area contributed by atoms with Crippen molar-refractivity contribution in [2.24, 2.45) is 0 Å². The van der Waals surface area contributed by atoms with Crippen LogP contribution in [0.3, 0.4) is 0 Å². The summed E-state index contributed by atoms with van der Waals surface area (Å²) in [4.78, 5) is 7.71. The molecule has 0 aliphatic heterocycles. The fourth-order valence-electron chi connectivity index (χ4n) is 0. The number of aliphatic hydroxyl groups is 4. The highest BCUT2D eigenvalue weighted by molar-refractivity contribution is 6.25. The third-order valence-electron chi connectivity index (χ3n) is 1.15. The molecule has 0 aromatic rings.